The molecule has 4 nitrogen and oxygen atoms in total. The van der Waals surface area contributed by atoms with Crippen LogP contribution in [0, 0.1) is 0 Å². The van der Waals surface area contributed by atoms with Crippen LogP contribution in [0.1, 0.15) is 28.5 Å². The summed E-state index contributed by atoms with van der Waals surface area (Å²) < 4.78 is 0. The van der Waals surface area contributed by atoms with Gasteiger partial charge in [0.05, 0.1) is 11.7 Å². The Balaban J connectivity index is 2.13. The molecule has 1 aromatic carbocycles. The second-order valence-electron chi connectivity index (χ2n) is 4.41. The van der Waals surface area contributed by atoms with Crippen LogP contribution in [0.3, 0.4) is 0 Å². The second kappa shape index (κ2) is 7.40. The van der Waals surface area contributed by atoms with E-state index < -0.39 is 0 Å². The maximum atomic E-state index is 12.2. The lowest BCUT2D eigenvalue weighted by Gasteiger charge is -2.08. The molecule has 1 unspecified atom stereocenters. The van der Waals surface area contributed by atoms with Gasteiger partial charge in [0.25, 0.3) is 5.91 Å². The van der Waals surface area contributed by atoms with Gasteiger partial charge in [-0.3, -0.25) is 4.79 Å². The smallest absolute Gasteiger partial charge is 0.275 e. The van der Waals surface area contributed by atoms with Gasteiger partial charge >= 0.3 is 0 Å². The van der Waals surface area contributed by atoms with Gasteiger partial charge < -0.3 is 11.1 Å². The van der Waals surface area contributed by atoms with Crippen molar-refractivity contribution in [2.75, 3.05) is 11.1 Å². The van der Waals surface area contributed by atoms with E-state index in [0.717, 1.165) is 21.3 Å². The Bertz CT molecular complexity index is 637. The van der Waals surface area contributed by atoms with Crippen molar-refractivity contribution >= 4 is 34.7 Å². The molecule has 0 radical (unpaired) electrons. The molecular weight excluding hydrogens is 302 g/mol. The van der Waals surface area contributed by atoms with Crippen LogP contribution in [0.5, 0.6) is 0 Å². The third-order valence-electron chi connectivity index (χ3n) is 2.64. The number of benzene rings is 1. The summed E-state index contributed by atoms with van der Waals surface area (Å²) in [6.45, 7) is 5.55. The molecule has 0 fully saturated rings. The molecule has 0 spiro atoms. The highest BCUT2D eigenvalue weighted by atomic mass is 32.2. The van der Waals surface area contributed by atoms with Crippen molar-refractivity contribution in [1.29, 1.82) is 0 Å². The Labute approximate surface area is 132 Å². The predicted molar refractivity (Wildman–Crippen MR) is 90.0 cm³/mol. The number of carbonyl (C=O) groups is 1. The molecule has 0 aliphatic heterocycles. The van der Waals surface area contributed by atoms with Crippen molar-refractivity contribution in [2.24, 2.45) is 5.73 Å². The summed E-state index contributed by atoms with van der Waals surface area (Å²) in [5.41, 5.74) is 6.94. The van der Waals surface area contributed by atoms with Crippen molar-refractivity contribution < 1.29 is 4.79 Å². The minimum atomic E-state index is -0.218. The number of hydrogen-bond donors (Lipinski definition) is 2. The fourth-order valence-corrected chi connectivity index (χ4v) is 3.14. The van der Waals surface area contributed by atoms with Gasteiger partial charge in [0.2, 0.25) is 0 Å². The summed E-state index contributed by atoms with van der Waals surface area (Å²) in [6, 6.07) is 7.52. The minimum absolute atomic E-state index is 0.160. The van der Waals surface area contributed by atoms with Crippen molar-refractivity contribution in [3.63, 3.8) is 0 Å². The lowest BCUT2D eigenvalue weighted by Crippen LogP contribution is -2.14. The highest BCUT2D eigenvalue weighted by Gasteiger charge is 2.14. The van der Waals surface area contributed by atoms with Gasteiger partial charge in [0, 0.05) is 16.0 Å². The maximum Gasteiger partial charge on any atom is 0.275 e. The fraction of sp³-hybridized carbons (Fsp3) is 0.200. The van der Waals surface area contributed by atoms with E-state index in [-0.39, 0.29) is 11.9 Å². The van der Waals surface area contributed by atoms with E-state index in [1.165, 1.54) is 11.3 Å². The molecule has 1 aromatic heterocycles. The fourth-order valence-electron chi connectivity index (χ4n) is 1.63. The molecule has 1 heterocycles. The average molecular weight is 319 g/mol. The van der Waals surface area contributed by atoms with E-state index in [4.69, 9.17) is 5.73 Å². The number of nitrogens with two attached hydrogens (primary N) is 1. The number of carbonyl (C=O) groups excluding carboxylic acids is 1. The summed E-state index contributed by atoms with van der Waals surface area (Å²) in [7, 11) is 0. The zero-order chi connectivity index (χ0) is 15.2. The number of rotatable bonds is 6. The zero-order valence-electron chi connectivity index (χ0n) is 11.7. The average Bonchev–Trinajstić information content (AvgIpc) is 2.96. The Morgan fingerprint density at radius 1 is 1.57 bits per heavy atom. The summed E-state index contributed by atoms with van der Waals surface area (Å²) in [6.07, 6.45) is 1.83. The minimum Gasteiger partial charge on any atom is -0.322 e. The van der Waals surface area contributed by atoms with Gasteiger partial charge in [-0.25, -0.2) is 4.98 Å². The largest absolute Gasteiger partial charge is 0.322 e. The summed E-state index contributed by atoms with van der Waals surface area (Å²) in [5, 5.41) is 5.39. The number of para-hydroxylation sites is 1. The molecule has 21 heavy (non-hydrogen) atoms. The molecule has 0 saturated carbocycles. The molecule has 2 aromatic rings. The predicted octanol–water partition coefficient (Wildman–Crippen LogP) is 3.69. The summed E-state index contributed by atoms with van der Waals surface area (Å²) in [5.74, 6) is 0.572. The summed E-state index contributed by atoms with van der Waals surface area (Å²) in [4.78, 5) is 17.5. The monoisotopic (exact) mass is 319 g/mol. The lowest BCUT2D eigenvalue weighted by molar-refractivity contribution is 0.102. The molecule has 0 aliphatic carbocycles. The summed E-state index contributed by atoms with van der Waals surface area (Å²) >= 11 is 3.02. The molecular formula is C15H17N3OS2. The van der Waals surface area contributed by atoms with E-state index in [1.54, 1.807) is 17.1 Å². The first-order valence-corrected chi connectivity index (χ1v) is 8.33. The standard InChI is InChI=1S/C15H17N3OS2/c1-3-8-20-13-7-5-4-6-11(13)17-14(19)12-9-21-15(18-12)10(2)16/h3-7,9-10H,1,8,16H2,2H3,(H,17,19). The lowest BCUT2D eigenvalue weighted by atomic mass is 10.3. The van der Waals surface area contributed by atoms with Gasteiger partial charge in [0.15, 0.2) is 0 Å². The molecule has 1 atom stereocenters. The van der Waals surface area contributed by atoms with Gasteiger partial charge in [-0.15, -0.1) is 29.7 Å². The number of nitrogens with one attached hydrogen (secondary N) is 1. The number of thioether (sulfide) groups is 1. The van der Waals surface area contributed by atoms with E-state index in [1.807, 2.05) is 37.3 Å². The highest BCUT2D eigenvalue weighted by molar-refractivity contribution is 7.99. The first kappa shape index (κ1) is 15.8. The van der Waals surface area contributed by atoms with Crippen LogP contribution in [0.25, 0.3) is 0 Å². The molecule has 2 rings (SSSR count). The topological polar surface area (TPSA) is 68.0 Å². The normalized spacial score (nSPS) is 11.9. The molecule has 110 valence electrons. The number of amides is 1. The third-order valence-corrected chi connectivity index (χ3v) is 4.75. The van der Waals surface area contributed by atoms with Crippen LogP contribution < -0.4 is 11.1 Å². The Morgan fingerprint density at radius 3 is 3.00 bits per heavy atom. The molecule has 0 bridgehead atoms. The van der Waals surface area contributed by atoms with Gasteiger partial charge in [0.1, 0.15) is 10.7 Å². The number of nitrogens with zero attached hydrogens (tertiary/aromatic N) is 1. The van der Waals surface area contributed by atoms with Gasteiger partial charge in [-0.05, 0) is 19.1 Å². The maximum absolute atomic E-state index is 12.2. The van der Waals surface area contributed by atoms with Crippen LogP contribution in [0.15, 0.2) is 47.2 Å². The first-order chi connectivity index (χ1) is 10.1. The van der Waals surface area contributed by atoms with E-state index in [9.17, 15) is 4.79 Å². The SMILES string of the molecule is C=CCSc1ccccc1NC(=O)c1csc(C(C)N)n1. The van der Waals surface area contributed by atoms with Gasteiger partial charge in [-0.1, -0.05) is 18.2 Å². The van der Waals surface area contributed by atoms with E-state index in [2.05, 4.69) is 16.9 Å². The van der Waals surface area contributed by atoms with E-state index >= 15 is 0 Å². The molecule has 6 heteroatoms. The van der Waals surface area contributed by atoms with Crippen LogP contribution >= 0.6 is 23.1 Å². The number of thiazole rings is 1. The molecule has 0 saturated heterocycles. The van der Waals surface area contributed by atoms with Crippen LogP contribution in [0.2, 0.25) is 0 Å². The van der Waals surface area contributed by atoms with Crippen molar-refractivity contribution in [2.45, 2.75) is 17.9 Å². The van der Waals surface area contributed by atoms with Crippen LogP contribution in [0.4, 0.5) is 5.69 Å². The molecule has 0 aliphatic rings. The molecule has 3 N–H and O–H groups in total. The van der Waals surface area contributed by atoms with Crippen LogP contribution in [-0.4, -0.2) is 16.6 Å². The van der Waals surface area contributed by atoms with Crippen LogP contribution in [-0.2, 0) is 0 Å². The Morgan fingerprint density at radius 2 is 2.33 bits per heavy atom. The quantitative estimate of drug-likeness (QED) is 0.629. The number of aromatic nitrogens is 1. The van der Waals surface area contributed by atoms with Crippen molar-refractivity contribution in [1.82, 2.24) is 4.98 Å². The number of hydrogen-bond acceptors (Lipinski definition) is 5. The second-order valence-corrected chi connectivity index (χ2v) is 6.36. The highest BCUT2D eigenvalue weighted by Crippen LogP contribution is 2.27. The van der Waals surface area contributed by atoms with Crippen molar-refractivity contribution in [3.05, 3.63) is 53.0 Å². The zero-order valence-corrected chi connectivity index (χ0v) is 13.3. The van der Waals surface area contributed by atoms with E-state index in [0.29, 0.717) is 5.69 Å². The van der Waals surface area contributed by atoms with Gasteiger partial charge in [-0.2, -0.15) is 0 Å². The third kappa shape index (κ3) is 4.17. The Kier molecular flexibility index (Phi) is 5.55. The number of anilines is 1. The first-order valence-electron chi connectivity index (χ1n) is 6.47. The van der Waals surface area contributed by atoms with Crippen molar-refractivity contribution in [3.8, 4) is 0 Å². The Hall–Kier alpha value is -1.63. The molecule has 1 amide bonds.